The van der Waals surface area contributed by atoms with E-state index in [4.69, 9.17) is 5.73 Å². The van der Waals surface area contributed by atoms with Crippen molar-refractivity contribution < 1.29 is 13.5 Å². The minimum Gasteiger partial charge on any atom is -0.391 e. The summed E-state index contributed by atoms with van der Waals surface area (Å²) >= 11 is 0. The minimum atomic E-state index is -2.90. The van der Waals surface area contributed by atoms with Crippen molar-refractivity contribution in [3.63, 3.8) is 0 Å². The molecule has 12 heavy (non-hydrogen) atoms. The molecule has 0 aromatic heterocycles. The molecule has 0 aromatic rings. The van der Waals surface area contributed by atoms with Crippen molar-refractivity contribution in [3.8, 4) is 0 Å². The Morgan fingerprint density at radius 2 is 2.25 bits per heavy atom. The first kappa shape index (κ1) is 9.95. The molecule has 1 rings (SSSR count). The van der Waals surface area contributed by atoms with Gasteiger partial charge in [0.25, 0.3) is 0 Å². The summed E-state index contributed by atoms with van der Waals surface area (Å²) in [5.41, 5.74) is 5.25. The van der Waals surface area contributed by atoms with Crippen molar-refractivity contribution in [2.45, 2.75) is 18.9 Å². The Hall–Kier alpha value is -0.130. The zero-order chi connectivity index (χ0) is 9.19. The van der Waals surface area contributed by atoms with Crippen LogP contribution in [0.1, 0.15) is 12.8 Å². The van der Waals surface area contributed by atoms with Crippen LogP contribution in [0.3, 0.4) is 0 Å². The zero-order valence-corrected chi connectivity index (χ0v) is 7.76. The lowest BCUT2D eigenvalue weighted by atomic mass is 9.99. The Morgan fingerprint density at radius 3 is 2.75 bits per heavy atom. The van der Waals surface area contributed by atoms with E-state index in [2.05, 4.69) is 0 Å². The highest BCUT2D eigenvalue weighted by Crippen LogP contribution is 2.20. The fourth-order valence-electron chi connectivity index (χ4n) is 1.55. The highest BCUT2D eigenvalue weighted by Gasteiger charge is 2.28. The molecule has 0 spiro atoms. The maximum Gasteiger partial charge on any atom is 0.150 e. The number of rotatable bonds is 2. The fourth-order valence-corrected chi connectivity index (χ4v) is 3.37. The molecular weight excluding hydrogens is 178 g/mol. The average molecular weight is 193 g/mol. The van der Waals surface area contributed by atoms with Gasteiger partial charge in [0.2, 0.25) is 0 Å². The minimum absolute atomic E-state index is 0.103. The van der Waals surface area contributed by atoms with Crippen LogP contribution in [0, 0.1) is 5.92 Å². The molecule has 5 heteroatoms. The monoisotopic (exact) mass is 193 g/mol. The van der Waals surface area contributed by atoms with E-state index in [9.17, 15) is 13.5 Å². The van der Waals surface area contributed by atoms with Crippen molar-refractivity contribution in [2.24, 2.45) is 11.7 Å². The summed E-state index contributed by atoms with van der Waals surface area (Å²) in [6, 6.07) is 0. The highest BCUT2D eigenvalue weighted by atomic mass is 32.2. The first-order valence-electron chi connectivity index (χ1n) is 4.14. The molecule has 3 N–H and O–H groups in total. The van der Waals surface area contributed by atoms with Crippen molar-refractivity contribution in [3.05, 3.63) is 0 Å². The number of hydrogen-bond acceptors (Lipinski definition) is 4. The molecule has 0 radical (unpaired) electrons. The molecule has 0 aliphatic carbocycles. The van der Waals surface area contributed by atoms with E-state index < -0.39 is 15.9 Å². The number of hydrogen-bond donors (Lipinski definition) is 2. The molecule has 0 bridgehead atoms. The molecule has 0 saturated carbocycles. The quantitative estimate of drug-likeness (QED) is 0.597. The van der Waals surface area contributed by atoms with Gasteiger partial charge in [-0.25, -0.2) is 8.42 Å². The molecule has 1 saturated heterocycles. The molecule has 72 valence electrons. The van der Waals surface area contributed by atoms with Gasteiger partial charge >= 0.3 is 0 Å². The first-order chi connectivity index (χ1) is 5.55. The molecule has 1 aliphatic rings. The second-order valence-corrected chi connectivity index (χ2v) is 5.55. The van der Waals surface area contributed by atoms with Crippen LogP contribution in [0.2, 0.25) is 0 Å². The molecule has 2 atom stereocenters. The Bertz CT molecular complexity index is 237. The molecule has 0 amide bonds. The van der Waals surface area contributed by atoms with Crippen molar-refractivity contribution in [1.29, 1.82) is 0 Å². The summed E-state index contributed by atoms with van der Waals surface area (Å²) in [6.07, 6.45) is 0.779. The maximum atomic E-state index is 11.1. The SMILES string of the molecule is NCC(O)C1CCCS(=O)(=O)C1. The van der Waals surface area contributed by atoms with E-state index in [1.165, 1.54) is 0 Å². The van der Waals surface area contributed by atoms with Gasteiger partial charge in [0.1, 0.15) is 0 Å². The van der Waals surface area contributed by atoms with Crippen LogP contribution in [0.5, 0.6) is 0 Å². The summed E-state index contributed by atoms with van der Waals surface area (Å²) in [4.78, 5) is 0. The molecule has 2 unspecified atom stereocenters. The number of nitrogens with two attached hydrogens (primary N) is 1. The van der Waals surface area contributed by atoms with E-state index in [1.54, 1.807) is 0 Å². The molecule has 1 heterocycles. The summed E-state index contributed by atoms with van der Waals surface area (Å²) in [5, 5.41) is 9.33. The predicted octanol–water partition coefficient (Wildman–Crippen LogP) is -0.869. The zero-order valence-electron chi connectivity index (χ0n) is 6.94. The molecule has 1 aliphatic heterocycles. The lowest BCUT2D eigenvalue weighted by Gasteiger charge is -2.25. The Kier molecular flexibility index (Phi) is 3.09. The third-order valence-corrected chi connectivity index (χ3v) is 4.13. The molecular formula is C7H15NO3S. The number of aliphatic hydroxyl groups is 1. The summed E-state index contributed by atoms with van der Waals surface area (Å²) in [5.74, 6) is 0.223. The molecule has 0 aromatic carbocycles. The van der Waals surface area contributed by atoms with Crippen LogP contribution in [-0.2, 0) is 9.84 Å². The third kappa shape index (κ3) is 2.43. The largest absolute Gasteiger partial charge is 0.391 e. The van der Waals surface area contributed by atoms with Crippen LogP contribution in [-0.4, -0.2) is 37.7 Å². The smallest absolute Gasteiger partial charge is 0.150 e. The van der Waals surface area contributed by atoms with Gasteiger partial charge in [-0.15, -0.1) is 0 Å². The Balaban J connectivity index is 2.58. The maximum absolute atomic E-state index is 11.1. The molecule has 4 nitrogen and oxygen atoms in total. The Morgan fingerprint density at radius 1 is 1.58 bits per heavy atom. The Labute approximate surface area is 72.7 Å². The van der Waals surface area contributed by atoms with Gasteiger partial charge in [-0.1, -0.05) is 0 Å². The highest BCUT2D eigenvalue weighted by molar-refractivity contribution is 7.91. The van der Waals surface area contributed by atoms with Crippen LogP contribution in [0.15, 0.2) is 0 Å². The second-order valence-electron chi connectivity index (χ2n) is 3.32. The van der Waals surface area contributed by atoms with Gasteiger partial charge in [0.05, 0.1) is 17.6 Å². The third-order valence-electron chi connectivity index (χ3n) is 2.28. The first-order valence-corrected chi connectivity index (χ1v) is 5.96. The van der Waals surface area contributed by atoms with Gasteiger partial charge in [-0.3, -0.25) is 0 Å². The van der Waals surface area contributed by atoms with Crippen LogP contribution < -0.4 is 5.73 Å². The van der Waals surface area contributed by atoms with Gasteiger partial charge in [-0.05, 0) is 12.8 Å². The van der Waals surface area contributed by atoms with Crippen molar-refractivity contribution >= 4 is 9.84 Å². The fraction of sp³-hybridized carbons (Fsp3) is 1.00. The van der Waals surface area contributed by atoms with Gasteiger partial charge in [0.15, 0.2) is 9.84 Å². The lowest BCUT2D eigenvalue weighted by Crippen LogP contribution is -2.37. The molecule has 1 fully saturated rings. The second kappa shape index (κ2) is 3.72. The van der Waals surface area contributed by atoms with E-state index in [-0.39, 0.29) is 24.0 Å². The number of sulfone groups is 1. The van der Waals surface area contributed by atoms with Crippen molar-refractivity contribution in [2.75, 3.05) is 18.1 Å². The van der Waals surface area contributed by atoms with E-state index >= 15 is 0 Å². The van der Waals surface area contributed by atoms with Gasteiger partial charge in [0, 0.05) is 12.5 Å². The average Bonchev–Trinajstić information content (AvgIpc) is 2.01. The normalized spacial score (nSPS) is 31.3. The van der Waals surface area contributed by atoms with Gasteiger partial charge in [-0.2, -0.15) is 0 Å². The summed E-state index contributed by atoms with van der Waals surface area (Å²) in [7, 11) is -2.90. The predicted molar refractivity (Wildman–Crippen MR) is 46.4 cm³/mol. The van der Waals surface area contributed by atoms with E-state index in [1.807, 2.05) is 0 Å². The van der Waals surface area contributed by atoms with Crippen LogP contribution >= 0.6 is 0 Å². The number of aliphatic hydroxyl groups excluding tert-OH is 1. The van der Waals surface area contributed by atoms with Crippen molar-refractivity contribution in [1.82, 2.24) is 0 Å². The summed E-state index contributed by atoms with van der Waals surface area (Å²) in [6.45, 7) is 0.153. The topological polar surface area (TPSA) is 80.4 Å². The standard InChI is InChI=1S/C7H15NO3S/c8-4-7(9)6-2-1-3-12(10,11)5-6/h6-7,9H,1-5,8H2. The summed E-state index contributed by atoms with van der Waals surface area (Å²) < 4.78 is 22.3. The van der Waals surface area contributed by atoms with Crippen LogP contribution in [0.25, 0.3) is 0 Å². The van der Waals surface area contributed by atoms with E-state index in [0.29, 0.717) is 6.42 Å². The van der Waals surface area contributed by atoms with Gasteiger partial charge < -0.3 is 10.8 Å². The van der Waals surface area contributed by atoms with E-state index in [0.717, 1.165) is 6.42 Å². The lowest BCUT2D eigenvalue weighted by molar-refractivity contribution is 0.118. The van der Waals surface area contributed by atoms with Crippen LogP contribution in [0.4, 0.5) is 0 Å².